The Kier molecular flexibility index (Phi) is 4.37. The molecule has 0 aliphatic rings. The van der Waals surface area contributed by atoms with Gasteiger partial charge in [0.05, 0.1) is 0 Å². The highest BCUT2D eigenvalue weighted by molar-refractivity contribution is 7.98. The Morgan fingerprint density at radius 3 is 2.81 bits per heavy atom. The molecule has 0 radical (unpaired) electrons. The van der Waals surface area contributed by atoms with E-state index < -0.39 is 23.3 Å². The number of nitrogens with one attached hydrogen (secondary N) is 1. The summed E-state index contributed by atoms with van der Waals surface area (Å²) in [6.07, 6.45) is 0. The van der Waals surface area contributed by atoms with Gasteiger partial charge in [-0.25, -0.2) is 18.4 Å². The zero-order valence-corrected chi connectivity index (χ0v) is 11.6. The molecule has 0 spiro atoms. The third-order valence-electron chi connectivity index (χ3n) is 2.67. The summed E-state index contributed by atoms with van der Waals surface area (Å²) >= 11 is 0.861. The molecule has 21 heavy (non-hydrogen) atoms. The van der Waals surface area contributed by atoms with Crippen LogP contribution in [0.1, 0.15) is 21.6 Å². The predicted octanol–water partition coefficient (Wildman–Crippen LogP) is 2.35. The topological polar surface area (TPSA) is 83.0 Å². The van der Waals surface area contributed by atoms with Crippen LogP contribution in [0.2, 0.25) is 0 Å². The SMILES string of the molecule is Cc1[nH]c(=O)nc(SCc2cc(F)ccc2F)c1C(=O)O. The average Bonchev–Trinajstić information content (AvgIpc) is 2.38. The zero-order chi connectivity index (χ0) is 15.6. The van der Waals surface area contributed by atoms with Gasteiger partial charge in [0.2, 0.25) is 0 Å². The molecule has 5 nitrogen and oxygen atoms in total. The van der Waals surface area contributed by atoms with E-state index in [-0.39, 0.29) is 27.6 Å². The summed E-state index contributed by atoms with van der Waals surface area (Å²) in [6, 6.07) is 2.99. The van der Waals surface area contributed by atoms with Gasteiger partial charge in [-0.2, -0.15) is 4.98 Å². The smallest absolute Gasteiger partial charge is 0.346 e. The fourth-order valence-corrected chi connectivity index (χ4v) is 2.76. The van der Waals surface area contributed by atoms with Crippen LogP contribution >= 0.6 is 11.8 Å². The van der Waals surface area contributed by atoms with E-state index in [2.05, 4.69) is 9.97 Å². The zero-order valence-electron chi connectivity index (χ0n) is 10.8. The van der Waals surface area contributed by atoms with Crippen LogP contribution in [-0.2, 0) is 5.75 Å². The van der Waals surface area contributed by atoms with Gasteiger partial charge in [0.25, 0.3) is 0 Å². The van der Waals surface area contributed by atoms with Crippen LogP contribution in [-0.4, -0.2) is 21.0 Å². The number of nitrogens with zero attached hydrogens (tertiary/aromatic N) is 1. The molecule has 0 atom stereocenters. The lowest BCUT2D eigenvalue weighted by Crippen LogP contribution is -2.18. The van der Waals surface area contributed by atoms with E-state index in [1.807, 2.05) is 0 Å². The van der Waals surface area contributed by atoms with Gasteiger partial charge in [0.15, 0.2) is 0 Å². The number of carboxylic acid groups (broad SMARTS) is 1. The number of halogens is 2. The number of carboxylic acids is 1. The fraction of sp³-hybridized carbons (Fsp3) is 0.154. The molecule has 8 heteroatoms. The summed E-state index contributed by atoms with van der Waals surface area (Å²) < 4.78 is 26.6. The molecule has 0 saturated carbocycles. The monoisotopic (exact) mass is 312 g/mol. The molecular weight excluding hydrogens is 302 g/mol. The summed E-state index contributed by atoms with van der Waals surface area (Å²) in [7, 11) is 0. The lowest BCUT2D eigenvalue weighted by molar-refractivity contribution is 0.0690. The van der Waals surface area contributed by atoms with E-state index in [9.17, 15) is 18.4 Å². The number of rotatable bonds is 4. The number of aromatic amines is 1. The Bertz CT molecular complexity index is 762. The summed E-state index contributed by atoms with van der Waals surface area (Å²) in [4.78, 5) is 28.3. The minimum Gasteiger partial charge on any atom is -0.478 e. The van der Waals surface area contributed by atoms with E-state index in [0.717, 1.165) is 30.0 Å². The second kappa shape index (κ2) is 6.04. The molecule has 2 aromatic rings. The number of hydrogen-bond donors (Lipinski definition) is 2. The van der Waals surface area contributed by atoms with Gasteiger partial charge in [0.1, 0.15) is 22.2 Å². The molecule has 2 rings (SSSR count). The van der Waals surface area contributed by atoms with Gasteiger partial charge >= 0.3 is 11.7 Å². The largest absolute Gasteiger partial charge is 0.478 e. The van der Waals surface area contributed by atoms with E-state index in [1.54, 1.807) is 0 Å². The summed E-state index contributed by atoms with van der Waals surface area (Å²) in [5.74, 6) is -2.50. The Morgan fingerprint density at radius 2 is 2.14 bits per heavy atom. The van der Waals surface area contributed by atoms with Crippen LogP contribution in [0.3, 0.4) is 0 Å². The molecule has 0 unspecified atom stereocenters. The number of benzene rings is 1. The third kappa shape index (κ3) is 3.46. The Labute approximate surface area is 122 Å². The molecule has 2 N–H and O–H groups in total. The molecule has 0 amide bonds. The number of aromatic nitrogens is 2. The number of hydrogen-bond acceptors (Lipinski definition) is 4. The highest BCUT2D eigenvalue weighted by Crippen LogP contribution is 2.26. The highest BCUT2D eigenvalue weighted by Gasteiger charge is 2.17. The second-order valence-corrected chi connectivity index (χ2v) is 5.14. The Morgan fingerprint density at radius 1 is 1.43 bits per heavy atom. The maximum atomic E-state index is 13.5. The lowest BCUT2D eigenvalue weighted by atomic mass is 10.2. The summed E-state index contributed by atoms with van der Waals surface area (Å²) in [5, 5.41) is 9.09. The van der Waals surface area contributed by atoms with Crippen LogP contribution < -0.4 is 5.69 Å². The van der Waals surface area contributed by atoms with Crippen LogP contribution in [0, 0.1) is 18.6 Å². The Balaban J connectivity index is 2.34. The first-order valence-corrected chi connectivity index (χ1v) is 6.78. The second-order valence-electron chi connectivity index (χ2n) is 4.18. The number of thioether (sulfide) groups is 1. The minimum absolute atomic E-state index is 0.0348. The molecular formula is C13H10F2N2O3S. The van der Waals surface area contributed by atoms with Crippen molar-refractivity contribution in [1.82, 2.24) is 9.97 Å². The van der Waals surface area contributed by atoms with Gasteiger partial charge in [-0.1, -0.05) is 0 Å². The van der Waals surface area contributed by atoms with Crippen molar-refractivity contribution in [2.24, 2.45) is 0 Å². The van der Waals surface area contributed by atoms with Crippen molar-refractivity contribution in [3.63, 3.8) is 0 Å². The van der Waals surface area contributed by atoms with Crippen LogP contribution in [0.4, 0.5) is 8.78 Å². The first-order valence-electron chi connectivity index (χ1n) is 5.79. The minimum atomic E-state index is -1.25. The normalized spacial score (nSPS) is 10.6. The van der Waals surface area contributed by atoms with E-state index >= 15 is 0 Å². The van der Waals surface area contributed by atoms with E-state index in [1.165, 1.54) is 6.92 Å². The van der Waals surface area contributed by atoms with Crippen LogP contribution in [0.15, 0.2) is 28.0 Å². The van der Waals surface area contributed by atoms with Crippen molar-refractivity contribution in [2.45, 2.75) is 17.7 Å². The highest BCUT2D eigenvalue weighted by atomic mass is 32.2. The lowest BCUT2D eigenvalue weighted by Gasteiger charge is -2.07. The summed E-state index contributed by atoms with van der Waals surface area (Å²) in [6.45, 7) is 1.43. The Hall–Kier alpha value is -2.22. The molecule has 1 aromatic carbocycles. The molecule has 110 valence electrons. The molecule has 1 aromatic heterocycles. The number of carbonyl (C=O) groups is 1. The van der Waals surface area contributed by atoms with Gasteiger partial charge in [0, 0.05) is 17.0 Å². The standard InChI is InChI=1S/C13H10F2N2O3S/c1-6-10(12(18)19)11(17-13(20)16-6)21-5-7-4-8(14)2-3-9(7)15/h2-4H,5H2,1H3,(H,18,19)(H,16,17,20). The first kappa shape index (κ1) is 15.2. The van der Waals surface area contributed by atoms with Gasteiger partial charge in [-0.15, -0.1) is 11.8 Å². The summed E-state index contributed by atoms with van der Waals surface area (Å²) in [5.41, 5.74) is -0.628. The van der Waals surface area contributed by atoms with Gasteiger partial charge in [-0.3, -0.25) is 0 Å². The van der Waals surface area contributed by atoms with Crippen LogP contribution in [0.5, 0.6) is 0 Å². The van der Waals surface area contributed by atoms with Crippen molar-refractivity contribution >= 4 is 17.7 Å². The molecule has 0 bridgehead atoms. The van der Waals surface area contributed by atoms with Crippen molar-refractivity contribution in [3.8, 4) is 0 Å². The van der Waals surface area contributed by atoms with E-state index in [4.69, 9.17) is 5.11 Å². The molecule has 0 aliphatic carbocycles. The van der Waals surface area contributed by atoms with Crippen molar-refractivity contribution < 1.29 is 18.7 Å². The molecule has 1 heterocycles. The molecule has 0 aliphatic heterocycles. The number of H-pyrrole nitrogens is 1. The molecule has 0 fully saturated rings. The maximum absolute atomic E-state index is 13.5. The quantitative estimate of drug-likeness (QED) is 0.669. The van der Waals surface area contributed by atoms with E-state index in [0.29, 0.717) is 0 Å². The number of aryl methyl sites for hydroxylation is 1. The predicted molar refractivity (Wildman–Crippen MR) is 72.5 cm³/mol. The van der Waals surface area contributed by atoms with Gasteiger partial charge in [-0.05, 0) is 25.1 Å². The van der Waals surface area contributed by atoms with Crippen LogP contribution in [0.25, 0.3) is 0 Å². The fourth-order valence-electron chi connectivity index (χ4n) is 1.72. The maximum Gasteiger partial charge on any atom is 0.346 e. The van der Waals surface area contributed by atoms with Crippen molar-refractivity contribution in [2.75, 3.05) is 0 Å². The third-order valence-corrected chi connectivity index (χ3v) is 3.70. The average molecular weight is 312 g/mol. The van der Waals surface area contributed by atoms with Gasteiger partial charge < -0.3 is 10.1 Å². The molecule has 0 saturated heterocycles. The van der Waals surface area contributed by atoms with Crippen molar-refractivity contribution in [1.29, 1.82) is 0 Å². The van der Waals surface area contributed by atoms with Crippen molar-refractivity contribution in [3.05, 3.63) is 57.1 Å². The number of aromatic carboxylic acids is 1. The first-order chi connectivity index (χ1) is 9.88.